The molecular formula is C19H17N. The number of nitrogens with zero attached hydrogens (tertiary/aromatic N) is 1. The first-order valence-electron chi connectivity index (χ1n) is 6.37. The molecule has 0 bridgehead atoms. The van der Waals surface area contributed by atoms with E-state index in [0.29, 0.717) is 0 Å². The van der Waals surface area contributed by atoms with E-state index in [1.807, 2.05) is 30.3 Å². The maximum absolute atomic E-state index is 4.43. The summed E-state index contributed by atoms with van der Waals surface area (Å²) in [5.74, 6) is 0. The summed E-state index contributed by atoms with van der Waals surface area (Å²) >= 11 is 0. The number of hydrogen-bond donors (Lipinski definition) is 0. The van der Waals surface area contributed by atoms with Gasteiger partial charge in [0.2, 0.25) is 0 Å². The quantitative estimate of drug-likeness (QED) is 0.677. The lowest BCUT2D eigenvalue weighted by atomic mass is 9.92. The Bertz CT molecular complexity index is 631. The van der Waals surface area contributed by atoms with Crippen molar-refractivity contribution in [3.63, 3.8) is 0 Å². The van der Waals surface area contributed by atoms with E-state index < -0.39 is 0 Å². The first-order valence-corrected chi connectivity index (χ1v) is 6.37. The minimum Gasteiger partial charge on any atom is -0.256 e. The molecular weight excluding hydrogens is 242 g/mol. The summed E-state index contributed by atoms with van der Waals surface area (Å²) in [6, 6.07) is 12.0. The van der Waals surface area contributed by atoms with E-state index in [1.54, 1.807) is 18.3 Å². The smallest absolute Gasteiger partial charge is 0.0774 e. The van der Waals surface area contributed by atoms with Crippen LogP contribution in [0.4, 0.5) is 0 Å². The van der Waals surface area contributed by atoms with Crippen molar-refractivity contribution >= 4 is 11.1 Å². The van der Waals surface area contributed by atoms with Crippen LogP contribution in [0.2, 0.25) is 0 Å². The molecule has 0 saturated heterocycles. The largest absolute Gasteiger partial charge is 0.256 e. The Morgan fingerprint density at radius 1 is 0.850 bits per heavy atom. The van der Waals surface area contributed by atoms with Gasteiger partial charge in [-0.3, -0.25) is 4.98 Å². The summed E-state index contributed by atoms with van der Waals surface area (Å²) in [7, 11) is 0. The van der Waals surface area contributed by atoms with Crippen molar-refractivity contribution in [1.82, 2.24) is 4.98 Å². The normalized spacial score (nSPS) is 9.80. The van der Waals surface area contributed by atoms with E-state index in [1.165, 1.54) is 0 Å². The van der Waals surface area contributed by atoms with Crippen LogP contribution in [-0.4, -0.2) is 4.98 Å². The molecule has 0 unspecified atom stereocenters. The van der Waals surface area contributed by atoms with Gasteiger partial charge in [0.05, 0.1) is 5.69 Å². The number of aromatic nitrogens is 1. The summed E-state index contributed by atoms with van der Waals surface area (Å²) in [5.41, 5.74) is 5.68. The number of rotatable bonds is 5. The van der Waals surface area contributed by atoms with Crippen molar-refractivity contribution in [2.24, 2.45) is 0 Å². The van der Waals surface area contributed by atoms with E-state index in [-0.39, 0.29) is 0 Å². The van der Waals surface area contributed by atoms with E-state index in [9.17, 15) is 0 Å². The third-order valence-electron chi connectivity index (χ3n) is 3.17. The van der Waals surface area contributed by atoms with Gasteiger partial charge >= 0.3 is 0 Å². The monoisotopic (exact) mass is 259 g/mol. The second-order valence-corrected chi connectivity index (χ2v) is 4.40. The maximum Gasteiger partial charge on any atom is 0.0774 e. The Morgan fingerprint density at radius 3 is 2.20 bits per heavy atom. The minimum absolute atomic E-state index is 0.805. The zero-order valence-electron chi connectivity index (χ0n) is 11.5. The van der Waals surface area contributed by atoms with Crippen LogP contribution >= 0.6 is 0 Å². The van der Waals surface area contributed by atoms with Gasteiger partial charge in [-0.05, 0) is 28.3 Å². The van der Waals surface area contributed by atoms with E-state index in [0.717, 1.165) is 33.5 Å². The van der Waals surface area contributed by atoms with Crippen LogP contribution in [-0.2, 0) is 0 Å². The van der Waals surface area contributed by atoms with Gasteiger partial charge in [0, 0.05) is 11.8 Å². The Morgan fingerprint density at radius 2 is 1.50 bits per heavy atom. The topological polar surface area (TPSA) is 12.9 Å². The lowest BCUT2D eigenvalue weighted by Crippen LogP contribution is -1.94. The number of allylic oxidation sites excluding steroid dienone is 4. The van der Waals surface area contributed by atoms with Gasteiger partial charge in [-0.1, -0.05) is 68.8 Å². The molecule has 0 radical (unpaired) electrons. The number of pyridine rings is 1. The highest BCUT2D eigenvalue weighted by Gasteiger charge is 2.11. The molecule has 0 fully saturated rings. The molecule has 20 heavy (non-hydrogen) atoms. The molecule has 2 aromatic rings. The molecule has 0 spiro atoms. The van der Waals surface area contributed by atoms with E-state index in [4.69, 9.17) is 0 Å². The average Bonchev–Trinajstić information content (AvgIpc) is 2.53. The van der Waals surface area contributed by atoms with E-state index in [2.05, 4.69) is 37.4 Å². The Kier molecular flexibility index (Phi) is 4.11. The molecule has 98 valence electrons. The lowest BCUT2D eigenvalue weighted by Gasteiger charge is -2.13. The third kappa shape index (κ3) is 2.52. The SMILES string of the molecule is C=CC(=C)c1ccccc1-c1cccnc1C(=C)C=C. The first-order chi connectivity index (χ1) is 9.69. The summed E-state index contributed by atoms with van der Waals surface area (Å²) < 4.78 is 0. The highest BCUT2D eigenvalue weighted by Crippen LogP contribution is 2.32. The lowest BCUT2D eigenvalue weighted by molar-refractivity contribution is 1.28. The molecule has 2 rings (SSSR count). The van der Waals surface area contributed by atoms with Gasteiger partial charge in [0.15, 0.2) is 0 Å². The minimum atomic E-state index is 0.805. The van der Waals surface area contributed by atoms with Crippen molar-refractivity contribution < 1.29 is 0 Å². The van der Waals surface area contributed by atoms with Crippen LogP contribution in [0.15, 0.2) is 81.1 Å². The van der Waals surface area contributed by atoms with Crippen LogP contribution in [0.5, 0.6) is 0 Å². The van der Waals surface area contributed by atoms with Crippen LogP contribution in [0.25, 0.3) is 22.3 Å². The Hall–Kier alpha value is -2.67. The maximum atomic E-state index is 4.43. The van der Waals surface area contributed by atoms with Crippen molar-refractivity contribution in [3.8, 4) is 11.1 Å². The summed E-state index contributed by atoms with van der Waals surface area (Å²) in [6.07, 6.45) is 5.24. The highest BCUT2D eigenvalue weighted by atomic mass is 14.7. The first kappa shape index (κ1) is 13.8. The van der Waals surface area contributed by atoms with Gasteiger partial charge in [0.25, 0.3) is 0 Å². The van der Waals surface area contributed by atoms with Crippen molar-refractivity contribution in [3.05, 3.63) is 92.3 Å². The molecule has 0 aliphatic carbocycles. The van der Waals surface area contributed by atoms with Gasteiger partial charge in [0.1, 0.15) is 0 Å². The molecule has 0 aliphatic heterocycles. The fourth-order valence-corrected chi connectivity index (χ4v) is 2.08. The zero-order chi connectivity index (χ0) is 14.5. The van der Waals surface area contributed by atoms with Crippen LogP contribution in [0.1, 0.15) is 11.3 Å². The Labute approximate surface area is 120 Å². The second kappa shape index (κ2) is 5.98. The highest BCUT2D eigenvalue weighted by molar-refractivity contribution is 5.89. The van der Waals surface area contributed by atoms with Gasteiger partial charge < -0.3 is 0 Å². The average molecular weight is 259 g/mol. The third-order valence-corrected chi connectivity index (χ3v) is 3.17. The summed E-state index contributed by atoms with van der Waals surface area (Å²) in [5, 5.41) is 0. The van der Waals surface area contributed by atoms with Gasteiger partial charge in [-0.25, -0.2) is 0 Å². The standard InChI is InChI=1S/C19H17N/c1-5-14(3)16-10-7-8-11-17(16)18-12-9-13-20-19(18)15(4)6-2/h5-13H,1-4H2. The predicted molar refractivity (Wildman–Crippen MR) is 88.1 cm³/mol. The van der Waals surface area contributed by atoms with Crippen molar-refractivity contribution in [1.29, 1.82) is 0 Å². The fourth-order valence-electron chi connectivity index (χ4n) is 2.08. The van der Waals surface area contributed by atoms with E-state index >= 15 is 0 Å². The molecule has 0 N–H and O–H groups in total. The molecule has 1 aromatic heterocycles. The van der Waals surface area contributed by atoms with Crippen LogP contribution < -0.4 is 0 Å². The van der Waals surface area contributed by atoms with Crippen LogP contribution in [0, 0.1) is 0 Å². The Balaban J connectivity index is 2.69. The molecule has 1 aromatic carbocycles. The molecule has 1 heteroatoms. The molecule has 0 saturated carbocycles. The second-order valence-electron chi connectivity index (χ2n) is 4.40. The molecule has 1 heterocycles. The fraction of sp³-hybridized carbons (Fsp3) is 0. The molecule has 0 amide bonds. The molecule has 0 aliphatic rings. The number of hydrogen-bond acceptors (Lipinski definition) is 1. The van der Waals surface area contributed by atoms with Crippen LogP contribution in [0.3, 0.4) is 0 Å². The molecule has 0 atom stereocenters. The summed E-state index contributed by atoms with van der Waals surface area (Å²) in [6.45, 7) is 15.6. The van der Waals surface area contributed by atoms with Gasteiger partial charge in [-0.2, -0.15) is 0 Å². The van der Waals surface area contributed by atoms with Crippen molar-refractivity contribution in [2.45, 2.75) is 0 Å². The zero-order valence-corrected chi connectivity index (χ0v) is 11.5. The van der Waals surface area contributed by atoms with Crippen molar-refractivity contribution in [2.75, 3.05) is 0 Å². The molecule has 1 nitrogen and oxygen atoms in total. The number of benzene rings is 1. The predicted octanol–water partition coefficient (Wildman–Crippen LogP) is 5.15. The summed E-state index contributed by atoms with van der Waals surface area (Å²) in [4.78, 5) is 4.43. The van der Waals surface area contributed by atoms with Gasteiger partial charge in [-0.15, -0.1) is 0 Å².